The molecule has 1 amide bonds. The normalized spacial score (nSPS) is 12.7. The SMILES string of the molecule is CC(C)C(CO)NC(=O)c1cc2ccccc2c(Cl)n1. The van der Waals surface area contributed by atoms with Gasteiger partial charge in [0.05, 0.1) is 12.6 Å². The number of amides is 1. The predicted molar refractivity (Wildman–Crippen MR) is 79.9 cm³/mol. The van der Waals surface area contributed by atoms with Gasteiger partial charge in [0.25, 0.3) is 5.91 Å². The van der Waals surface area contributed by atoms with Crippen LogP contribution in [0.2, 0.25) is 5.15 Å². The van der Waals surface area contributed by atoms with E-state index in [4.69, 9.17) is 11.6 Å². The number of rotatable bonds is 4. The van der Waals surface area contributed by atoms with Crippen molar-refractivity contribution in [2.24, 2.45) is 5.92 Å². The number of hydrogen-bond acceptors (Lipinski definition) is 3. The van der Waals surface area contributed by atoms with Gasteiger partial charge in [-0.1, -0.05) is 49.7 Å². The molecule has 0 aliphatic heterocycles. The standard InChI is InChI=1S/C15H17ClN2O2/c1-9(2)13(8-19)18-15(20)12-7-10-5-3-4-6-11(10)14(16)17-12/h3-7,9,13,19H,8H2,1-2H3,(H,18,20). The number of nitrogens with zero attached hydrogens (tertiary/aromatic N) is 1. The van der Waals surface area contributed by atoms with Crippen LogP contribution in [0.15, 0.2) is 30.3 Å². The van der Waals surface area contributed by atoms with E-state index in [2.05, 4.69) is 10.3 Å². The molecular weight excluding hydrogens is 276 g/mol. The molecule has 106 valence electrons. The van der Waals surface area contributed by atoms with Gasteiger partial charge in [-0.2, -0.15) is 0 Å². The van der Waals surface area contributed by atoms with Gasteiger partial charge < -0.3 is 10.4 Å². The first-order valence-electron chi connectivity index (χ1n) is 6.50. The summed E-state index contributed by atoms with van der Waals surface area (Å²) in [6.07, 6.45) is 0. The quantitative estimate of drug-likeness (QED) is 0.852. The van der Waals surface area contributed by atoms with Crippen LogP contribution in [0.4, 0.5) is 0 Å². The minimum atomic E-state index is -0.328. The van der Waals surface area contributed by atoms with Crippen LogP contribution in [0.1, 0.15) is 24.3 Å². The molecule has 0 aliphatic carbocycles. The van der Waals surface area contributed by atoms with Gasteiger partial charge in [0.15, 0.2) is 0 Å². The molecule has 0 bridgehead atoms. The molecule has 1 unspecified atom stereocenters. The first-order chi connectivity index (χ1) is 9.52. The van der Waals surface area contributed by atoms with Gasteiger partial charge in [-0.3, -0.25) is 4.79 Å². The molecule has 1 aromatic carbocycles. The number of carbonyl (C=O) groups excluding carboxylic acids is 1. The number of aromatic nitrogens is 1. The number of halogens is 1. The first-order valence-corrected chi connectivity index (χ1v) is 6.87. The summed E-state index contributed by atoms with van der Waals surface area (Å²) in [5.74, 6) is -0.190. The van der Waals surface area contributed by atoms with E-state index in [1.807, 2.05) is 38.1 Å². The highest BCUT2D eigenvalue weighted by Crippen LogP contribution is 2.22. The molecule has 1 aromatic heterocycles. The van der Waals surface area contributed by atoms with Gasteiger partial charge in [-0.15, -0.1) is 0 Å². The second kappa shape index (κ2) is 6.20. The maximum atomic E-state index is 12.2. The highest BCUT2D eigenvalue weighted by molar-refractivity contribution is 6.34. The van der Waals surface area contributed by atoms with E-state index in [-0.39, 0.29) is 30.2 Å². The van der Waals surface area contributed by atoms with Gasteiger partial charge in [0, 0.05) is 5.39 Å². The summed E-state index contributed by atoms with van der Waals surface area (Å²) in [7, 11) is 0. The molecule has 5 heteroatoms. The lowest BCUT2D eigenvalue weighted by Crippen LogP contribution is -2.41. The van der Waals surface area contributed by atoms with Crippen molar-refractivity contribution in [2.45, 2.75) is 19.9 Å². The van der Waals surface area contributed by atoms with E-state index < -0.39 is 0 Å². The summed E-state index contributed by atoms with van der Waals surface area (Å²) < 4.78 is 0. The molecule has 20 heavy (non-hydrogen) atoms. The lowest BCUT2D eigenvalue weighted by molar-refractivity contribution is 0.0892. The predicted octanol–water partition coefficient (Wildman–Crippen LogP) is 2.63. The number of pyridine rings is 1. The molecule has 0 aliphatic rings. The zero-order chi connectivity index (χ0) is 14.7. The monoisotopic (exact) mass is 292 g/mol. The van der Waals surface area contributed by atoms with Crippen molar-refractivity contribution in [1.82, 2.24) is 10.3 Å². The van der Waals surface area contributed by atoms with Crippen molar-refractivity contribution < 1.29 is 9.90 Å². The van der Waals surface area contributed by atoms with Gasteiger partial charge in [0.2, 0.25) is 0 Å². The molecular formula is C15H17ClN2O2. The Labute approximate surface area is 122 Å². The Morgan fingerprint density at radius 1 is 1.40 bits per heavy atom. The second-order valence-corrected chi connectivity index (χ2v) is 5.38. The van der Waals surface area contributed by atoms with E-state index in [1.54, 1.807) is 6.07 Å². The summed E-state index contributed by atoms with van der Waals surface area (Å²) in [6, 6.07) is 8.89. The summed E-state index contributed by atoms with van der Waals surface area (Å²) in [5, 5.41) is 14.0. The van der Waals surface area contributed by atoms with Crippen LogP contribution < -0.4 is 5.32 Å². The maximum absolute atomic E-state index is 12.2. The lowest BCUT2D eigenvalue weighted by atomic mass is 10.1. The number of nitrogens with one attached hydrogen (secondary N) is 1. The fraction of sp³-hybridized carbons (Fsp3) is 0.333. The van der Waals surface area contributed by atoms with E-state index in [0.717, 1.165) is 10.8 Å². The van der Waals surface area contributed by atoms with E-state index in [0.29, 0.717) is 5.15 Å². The fourth-order valence-corrected chi connectivity index (χ4v) is 2.20. The van der Waals surface area contributed by atoms with Crippen LogP contribution in [0.5, 0.6) is 0 Å². The number of aliphatic hydroxyl groups excluding tert-OH is 1. The fourth-order valence-electron chi connectivity index (χ4n) is 1.94. The van der Waals surface area contributed by atoms with Crippen LogP contribution in [0.3, 0.4) is 0 Å². The van der Waals surface area contributed by atoms with E-state index in [1.165, 1.54) is 0 Å². The first kappa shape index (κ1) is 14.8. The Morgan fingerprint density at radius 2 is 2.10 bits per heavy atom. The van der Waals surface area contributed by atoms with Gasteiger partial charge >= 0.3 is 0 Å². The van der Waals surface area contributed by atoms with Crippen LogP contribution in [-0.2, 0) is 0 Å². The zero-order valence-electron chi connectivity index (χ0n) is 11.4. The molecule has 2 aromatic rings. The average molecular weight is 293 g/mol. The summed E-state index contributed by atoms with van der Waals surface area (Å²) >= 11 is 6.10. The number of carbonyl (C=O) groups is 1. The molecule has 4 nitrogen and oxygen atoms in total. The molecule has 1 atom stereocenters. The van der Waals surface area contributed by atoms with Crippen LogP contribution >= 0.6 is 11.6 Å². The second-order valence-electron chi connectivity index (χ2n) is 5.03. The topological polar surface area (TPSA) is 62.2 Å². The minimum absolute atomic E-state index is 0.106. The van der Waals surface area contributed by atoms with Gasteiger partial charge in [0.1, 0.15) is 10.8 Å². The van der Waals surface area contributed by atoms with Crippen LogP contribution in [0.25, 0.3) is 10.8 Å². The number of aliphatic hydroxyl groups is 1. The summed E-state index contributed by atoms with van der Waals surface area (Å²) in [5.41, 5.74) is 0.257. The molecule has 0 radical (unpaired) electrons. The van der Waals surface area contributed by atoms with Crippen molar-refractivity contribution in [2.75, 3.05) is 6.61 Å². The van der Waals surface area contributed by atoms with Gasteiger partial charge in [-0.25, -0.2) is 4.98 Å². The molecule has 0 fully saturated rings. The van der Waals surface area contributed by atoms with Crippen molar-refractivity contribution in [3.63, 3.8) is 0 Å². The largest absolute Gasteiger partial charge is 0.394 e. The van der Waals surface area contributed by atoms with Crippen LogP contribution in [0, 0.1) is 5.92 Å². The highest BCUT2D eigenvalue weighted by atomic mass is 35.5. The minimum Gasteiger partial charge on any atom is -0.394 e. The molecule has 1 heterocycles. The summed E-state index contributed by atoms with van der Waals surface area (Å²) in [6.45, 7) is 3.76. The van der Waals surface area contributed by atoms with Crippen molar-refractivity contribution in [3.05, 3.63) is 41.2 Å². The molecule has 0 saturated heterocycles. The smallest absolute Gasteiger partial charge is 0.270 e. The van der Waals surface area contributed by atoms with Crippen molar-refractivity contribution >= 4 is 28.3 Å². The van der Waals surface area contributed by atoms with E-state index in [9.17, 15) is 9.90 Å². The van der Waals surface area contributed by atoms with Gasteiger partial charge in [-0.05, 0) is 17.4 Å². The molecule has 2 N–H and O–H groups in total. The number of benzene rings is 1. The van der Waals surface area contributed by atoms with Crippen molar-refractivity contribution in [3.8, 4) is 0 Å². The third kappa shape index (κ3) is 3.08. The van der Waals surface area contributed by atoms with Crippen LogP contribution in [-0.4, -0.2) is 28.6 Å². The zero-order valence-corrected chi connectivity index (χ0v) is 12.2. The third-order valence-corrected chi connectivity index (χ3v) is 3.53. The van der Waals surface area contributed by atoms with Crippen molar-refractivity contribution in [1.29, 1.82) is 0 Å². The molecule has 0 saturated carbocycles. The average Bonchev–Trinajstić information content (AvgIpc) is 2.44. The Balaban J connectivity index is 2.31. The summed E-state index contributed by atoms with van der Waals surface area (Å²) in [4.78, 5) is 16.3. The molecule has 0 spiro atoms. The van der Waals surface area contributed by atoms with E-state index >= 15 is 0 Å². The maximum Gasteiger partial charge on any atom is 0.270 e. The lowest BCUT2D eigenvalue weighted by Gasteiger charge is -2.19. The third-order valence-electron chi connectivity index (χ3n) is 3.24. The Bertz CT molecular complexity index is 628. The Kier molecular flexibility index (Phi) is 4.57. The molecule has 2 rings (SSSR count). The highest BCUT2D eigenvalue weighted by Gasteiger charge is 2.18. The Morgan fingerprint density at radius 3 is 2.75 bits per heavy atom. The number of hydrogen-bond donors (Lipinski definition) is 2. The Hall–Kier alpha value is -1.65. The number of fused-ring (bicyclic) bond motifs is 1.